The lowest BCUT2D eigenvalue weighted by Crippen LogP contribution is -2.46. The SMILES string of the molecule is CCOC(=O)C(C)OCC1(C(=O)OCC)CC(c2cc(NC(=O)Oc3ccccc3)c(F)cc2Cl)=NO1. The number of hydrogen-bond donors (Lipinski definition) is 1. The molecule has 3 rings (SSSR count). The van der Waals surface area contributed by atoms with Gasteiger partial charge in [0.1, 0.15) is 18.2 Å². The van der Waals surface area contributed by atoms with Crippen LogP contribution in [0, 0.1) is 5.82 Å². The molecule has 10 nitrogen and oxygen atoms in total. The molecular formula is C25H26ClFN2O8. The number of benzene rings is 2. The van der Waals surface area contributed by atoms with Gasteiger partial charge in [0.15, 0.2) is 6.10 Å². The number of para-hydroxylation sites is 1. The van der Waals surface area contributed by atoms with Crippen LogP contribution >= 0.6 is 11.6 Å². The molecule has 0 bridgehead atoms. The molecule has 0 saturated heterocycles. The van der Waals surface area contributed by atoms with Crippen LogP contribution in [0.2, 0.25) is 5.02 Å². The van der Waals surface area contributed by atoms with Crippen LogP contribution in [-0.4, -0.2) is 55.3 Å². The van der Waals surface area contributed by atoms with Gasteiger partial charge >= 0.3 is 18.0 Å². The lowest BCUT2D eigenvalue weighted by molar-refractivity contribution is -0.183. The van der Waals surface area contributed by atoms with Gasteiger partial charge in [0, 0.05) is 12.0 Å². The Morgan fingerprint density at radius 1 is 1.16 bits per heavy atom. The molecule has 37 heavy (non-hydrogen) atoms. The Bertz CT molecular complexity index is 1180. The van der Waals surface area contributed by atoms with E-state index in [4.69, 9.17) is 35.4 Å². The maximum Gasteiger partial charge on any atom is 0.417 e. The van der Waals surface area contributed by atoms with Crippen molar-refractivity contribution < 1.29 is 42.6 Å². The molecule has 1 N–H and O–H groups in total. The van der Waals surface area contributed by atoms with Crippen molar-refractivity contribution in [1.82, 2.24) is 0 Å². The van der Waals surface area contributed by atoms with Crippen molar-refractivity contribution in [2.45, 2.75) is 38.9 Å². The van der Waals surface area contributed by atoms with Crippen molar-refractivity contribution >= 4 is 41.0 Å². The second-order valence-corrected chi connectivity index (χ2v) is 8.27. The van der Waals surface area contributed by atoms with Gasteiger partial charge in [-0.25, -0.2) is 18.8 Å². The Kier molecular flexibility index (Phi) is 9.42. The van der Waals surface area contributed by atoms with E-state index >= 15 is 0 Å². The number of anilines is 1. The van der Waals surface area contributed by atoms with E-state index in [1.807, 2.05) is 0 Å². The summed E-state index contributed by atoms with van der Waals surface area (Å²) >= 11 is 6.26. The molecule has 2 aromatic carbocycles. The highest BCUT2D eigenvalue weighted by molar-refractivity contribution is 6.34. The second kappa shape index (κ2) is 12.5. The maximum atomic E-state index is 14.6. The van der Waals surface area contributed by atoms with E-state index < -0.39 is 35.6 Å². The summed E-state index contributed by atoms with van der Waals surface area (Å²) < 4.78 is 35.3. The molecule has 0 aliphatic carbocycles. The fourth-order valence-electron chi connectivity index (χ4n) is 3.31. The van der Waals surface area contributed by atoms with Crippen LogP contribution in [-0.2, 0) is 28.6 Å². The van der Waals surface area contributed by atoms with Gasteiger partial charge in [0.05, 0.1) is 29.6 Å². The number of esters is 2. The molecule has 12 heteroatoms. The molecule has 1 aliphatic heterocycles. The molecule has 0 fully saturated rings. The summed E-state index contributed by atoms with van der Waals surface area (Å²) in [7, 11) is 0. The fraction of sp³-hybridized carbons (Fsp3) is 0.360. The molecule has 0 aromatic heterocycles. The first kappa shape index (κ1) is 27.9. The predicted octanol–water partition coefficient (Wildman–Crippen LogP) is 4.48. The molecule has 1 aliphatic rings. The van der Waals surface area contributed by atoms with Gasteiger partial charge < -0.3 is 23.8 Å². The minimum Gasteiger partial charge on any atom is -0.464 e. The van der Waals surface area contributed by atoms with Gasteiger partial charge in [-0.1, -0.05) is 35.0 Å². The average molecular weight is 537 g/mol. The molecular weight excluding hydrogens is 511 g/mol. The zero-order valence-electron chi connectivity index (χ0n) is 20.4. The lowest BCUT2D eigenvalue weighted by atomic mass is 9.94. The lowest BCUT2D eigenvalue weighted by Gasteiger charge is -2.25. The number of amides is 1. The number of carbonyl (C=O) groups is 3. The Labute approximate surface area is 217 Å². The topological polar surface area (TPSA) is 122 Å². The first-order valence-corrected chi connectivity index (χ1v) is 11.8. The highest BCUT2D eigenvalue weighted by Crippen LogP contribution is 2.34. The van der Waals surface area contributed by atoms with Crippen LogP contribution < -0.4 is 10.1 Å². The molecule has 0 spiro atoms. The fourth-order valence-corrected chi connectivity index (χ4v) is 3.57. The van der Waals surface area contributed by atoms with Crippen LogP contribution in [0.25, 0.3) is 0 Å². The van der Waals surface area contributed by atoms with Crippen LogP contribution in [0.5, 0.6) is 5.75 Å². The van der Waals surface area contributed by atoms with E-state index in [9.17, 15) is 18.8 Å². The van der Waals surface area contributed by atoms with Gasteiger partial charge in [0.2, 0.25) is 0 Å². The van der Waals surface area contributed by atoms with E-state index in [0.29, 0.717) is 0 Å². The van der Waals surface area contributed by atoms with Crippen molar-refractivity contribution in [3.8, 4) is 5.75 Å². The Balaban J connectivity index is 1.79. The maximum absolute atomic E-state index is 14.6. The zero-order valence-corrected chi connectivity index (χ0v) is 21.2. The third kappa shape index (κ3) is 6.95. The van der Waals surface area contributed by atoms with E-state index in [2.05, 4.69) is 10.5 Å². The number of hydrogen-bond acceptors (Lipinski definition) is 9. The largest absolute Gasteiger partial charge is 0.464 e. The first-order chi connectivity index (χ1) is 17.7. The van der Waals surface area contributed by atoms with Gasteiger partial charge in [-0.2, -0.15) is 0 Å². The molecule has 2 aromatic rings. The third-order valence-electron chi connectivity index (χ3n) is 5.17. The summed E-state index contributed by atoms with van der Waals surface area (Å²) in [6.45, 7) is 4.58. The Morgan fingerprint density at radius 3 is 2.54 bits per heavy atom. The molecule has 2 atom stereocenters. The highest BCUT2D eigenvalue weighted by atomic mass is 35.5. The summed E-state index contributed by atoms with van der Waals surface area (Å²) in [6, 6.07) is 10.5. The number of carbonyl (C=O) groups excluding carboxylic acids is 3. The van der Waals surface area contributed by atoms with Gasteiger partial charge in [-0.05, 0) is 45.0 Å². The standard InChI is InChI=1S/C25H26ClFN2O8/c1-4-33-22(30)15(3)35-14-25(23(31)34-5-2)13-21(29-37-25)17-11-20(19(27)12-18(17)26)28-24(32)36-16-9-7-6-8-10-16/h6-12,15H,4-5,13-14H2,1-3H3,(H,28,32). The predicted molar refractivity (Wildman–Crippen MR) is 131 cm³/mol. The van der Waals surface area contributed by atoms with E-state index in [-0.39, 0.29) is 54.0 Å². The number of rotatable bonds is 10. The smallest absolute Gasteiger partial charge is 0.417 e. The summed E-state index contributed by atoms with van der Waals surface area (Å²) in [6.07, 6.45) is -2.08. The molecule has 198 valence electrons. The monoisotopic (exact) mass is 536 g/mol. The summed E-state index contributed by atoms with van der Waals surface area (Å²) in [5.74, 6) is -1.94. The number of nitrogens with one attached hydrogen (secondary N) is 1. The number of nitrogens with zero attached hydrogens (tertiary/aromatic N) is 1. The number of ether oxygens (including phenoxy) is 4. The first-order valence-electron chi connectivity index (χ1n) is 11.4. The van der Waals surface area contributed by atoms with Crippen molar-refractivity contribution in [3.05, 3.63) is 58.9 Å². The van der Waals surface area contributed by atoms with Crippen molar-refractivity contribution in [1.29, 1.82) is 0 Å². The quantitative estimate of drug-likeness (QED) is 0.441. The second-order valence-electron chi connectivity index (χ2n) is 7.87. The van der Waals surface area contributed by atoms with E-state index in [0.717, 1.165) is 6.07 Å². The normalized spacial score (nSPS) is 17.3. The highest BCUT2D eigenvalue weighted by Gasteiger charge is 2.50. The van der Waals surface area contributed by atoms with Crippen LogP contribution in [0.15, 0.2) is 47.6 Å². The minimum absolute atomic E-state index is 0.0395. The van der Waals surface area contributed by atoms with Crippen LogP contribution in [0.3, 0.4) is 0 Å². The van der Waals surface area contributed by atoms with Gasteiger partial charge in [-0.15, -0.1) is 0 Å². The van der Waals surface area contributed by atoms with Crippen LogP contribution in [0.4, 0.5) is 14.9 Å². The Morgan fingerprint density at radius 2 is 1.86 bits per heavy atom. The molecule has 0 radical (unpaired) electrons. The van der Waals surface area contributed by atoms with Gasteiger partial charge in [0.25, 0.3) is 5.60 Å². The average Bonchev–Trinajstić information content (AvgIpc) is 3.30. The van der Waals surface area contributed by atoms with E-state index in [1.165, 1.54) is 13.0 Å². The van der Waals surface area contributed by atoms with Gasteiger partial charge in [-0.3, -0.25) is 5.32 Å². The molecule has 2 unspecified atom stereocenters. The van der Waals surface area contributed by atoms with Crippen molar-refractivity contribution in [2.75, 3.05) is 25.1 Å². The number of oxime groups is 1. The zero-order chi connectivity index (χ0) is 27.0. The minimum atomic E-state index is -1.72. The van der Waals surface area contributed by atoms with E-state index in [1.54, 1.807) is 44.2 Å². The molecule has 0 saturated carbocycles. The summed E-state index contributed by atoms with van der Waals surface area (Å²) in [4.78, 5) is 42.4. The Hall–Kier alpha value is -3.70. The molecule has 1 amide bonds. The van der Waals surface area contributed by atoms with Crippen LogP contribution in [0.1, 0.15) is 32.8 Å². The number of halogens is 2. The summed E-state index contributed by atoms with van der Waals surface area (Å²) in [5.41, 5.74) is -1.58. The van der Waals surface area contributed by atoms with Crippen molar-refractivity contribution in [3.63, 3.8) is 0 Å². The summed E-state index contributed by atoms with van der Waals surface area (Å²) in [5, 5.41) is 6.25. The molecule has 1 heterocycles. The third-order valence-corrected chi connectivity index (χ3v) is 5.49. The van der Waals surface area contributed by atoms with Crippen molar-refractivity contribution in [2.24, 2.45) is 5.16 Å².